The lowest BCUT2D eigenvalue weighted by atomic mass is 10.0. The Balaban J connectivity index is 0.00000240. The average molecular weight is 415 g/mol. The number of amides is 1. The molecule has 0 aromatic heterocycles. The normalized spacial score (nSPS) is 16.0. The highest BCUT2D eigenvalue weighted by Crippen LogP contribution is 2.17. The van der Waals surface area contributed by atoms with Crippen LogP contribution in [0.25, 0.3) is 0 Å². The molecule has 1 amide bonds. The van der Waals surface area contributed by atoms with Gasteiger partial charge in [0.25, 0.3) is 0 Å². The van der Waals surface area contributed by atoms with Gasteiger partial charge in [-0.2, -0.15) is 0 Å². The summed E-state index contributed by atoms with van der Waals surface area (Å²) in [6.07, 6.45) is 2.50. The Bertz CT molecular complexity index is 852. The summed E-state index contributed by atoms with van der Waals surface area (Å²) in [7, 11) is 0. The van der Waals surface area contributed by atoms with Crippen molar-refractivity contribution in [2.45, 2.75) is 19.3 Å². The zero-order valence-electron chi connectivity index (χ0n) is 16.4. The van der Waals surface area contributed by atoms with Crippen LogP contribution in [-0.4, -0.2) is 54.4 Å². The lowest BCUT2D eigenvalue weighted by molar-refractivity contribution is -0.128. The van der Waals surface area contributed by atoms with E-state index in [1.165, 1.54) is 11.1 Å². The van der Waals surface area contributed by atoms with Gasteiger partial charge >= 0.3 is 0 Å². The molecule has 0 spiro atoms. The SMILES string of the molecule is Cl.NN1CCN=C1c1ccc(Cc2ccc(OCCN3CCCC3=O)cc2)cc1. The maximum atomic E-state index is 11.6. The Hall–Kier alpha value is -2.57. The van der Waals surface area contributed by atoms with E-state index in [-0.39, 0.29) is 18.3 Å². The van der Waals surface area contributed by atoms with Crippen molar-refractivity contribution in [2.24, 2.45) is 10.8 Å². The summed E-state index contributed by atoms with van der Waals surface area (Å²) in [6, 6.07) is 16.6. The number of hydrogen-bond donors (Lipinski definition) is 1. The van der Waals surface area contributed by atoms with E-state index in [0.717, 1.165) is 49.6 Å². The van der Waals surface area contributed by atoms with Crippen LogP contribution < -0.4 is 10.6 Å². The molecule has 29 heavy (non-hydrogen) atoms. The number of halogens is 1. The van der Waals surface area contributed by atoms with Crippen molar-refractivity contribution in [1.29, 1.82) is 0 Å². The Morgan fingerprint density at radius 2 is 1.69 bits per heavy atom. The zero-order valence-corrected chi connectivity index (χ0v) is 17.2. The molecule has 0 bridgehead atoms. The van der Waals surface area contributed by atoms with Gasteiger partial charge in [0.2, 0.25) is 5.91 Å². The number of carbonyl (C=O) groups is 1. The summed E-state index contributed by atoms with van der Waals surface area (Å²) >= 11 is 0. The molecule has 1 saturated heterocycles. The molecule has 2 N–H and O–H groups in total. The molecule has 0 saturated carbocycles. The van der Waals surface area contributed by atoms with Crippen LogP contribution in [0, 0.1) is 0 Å². The Morgan fingerprint density at radius 1 is 1.00 bits per heavy atom. The van der Waals surface area contributed by atoms with Gasteiger partial charge in [0.1, 0.15) is 18.2 Å². The van der Waals surface area contributed by atoms with Crippen LogP contribution in [0.2, 0.25) is 0 Å². The first-order chi connectivity index (χ1) is 13.7. The summed E-state index contributed by atoms with van der Waals surface area (Å²) in [5, 5.41) is 1.70. The molecule has 6 nitrogen and oxygen atoms in total. The maximum absolute atomic E-state index is 11.6. The third-order valence-corrected chi connectivity index (χ3v) is 5.22. The first-order valence-electron chi connectivity index (χ1n) is 9.84. The van der Waals surface area contributed by atoms with Crippen LogP contribution in [-0.2, 0) is 11.2 Å². The first kappa shape index (κ1) is 21.1. The van der Waals surface area contributed by atoms with Crippen LogP contribution in [0.1, 0.15) is 29.5 Å². The minimum absolute atomic E-state index is 0. The summed E-state index contributed by atoms with van der Waals surface area (Å²) in [4.78, 5) is 17.9. The fraction of sp³-hybridized carbons (Fsp3) is 0.364. The van der Waals surface area contributed by atoms with E-state index in [1.54, 1.807) is 5.01 Å². The van der Waals surface area contributed by atoms with Crippen molar-refractivity contribution in [2.75, 3.05) is 32.8 Å². The number of hydrazine groups is 1. The van der Waals surface area contributed by atoms with Gasteiger partial charge in [-0.3, -0.25) is 14.8 Å². The molecule has 0 atom stereocenters. The molecular weight excluding hydrogens is 388 g/mol. The number of benzene rings is 2. The van der Waals surface area contributed by atoms with Crippen LogP contribution in [0.5, 0.6) is 5.75 Å². The van der Waals surface area contributed by atoms with Crippen LogP contribution in [0.15, 0.2) is 53.5 Å². The minimum Gasteiger partial charge on any atom is -0.492 e. The average Bonchev–Trinajstić information content (AvgIpc) is 3.32. The topological polar surface area (TPSA) is 71.2 Å². The van der Waals surface area contributed by atoms with Crippen molar-refractivity contribution in [3.05, 3.63) is 65.2 Å². The second kappa shape index (κ2) is 9.76. The minimum atomic E-state index is 0. The summed E-state index contributed by atoms with van der Waals surface area (Å²) < 4.78 is 5.78. The third kappa shape index (κ3) is 5.28. The fourth-order valence-electron chi connectivity index (χ4n) is 3.64. The van der Waals surface area contributed by atoms with Gasteiger partial charge in [-0.05, 0) is 36.1 Å². The van der Waals surface area contributed by atoms with Crippen molar-refractivity contribution in [3.63, 3.8) is 0 Å². The molecule has 1 fully saturated rings. The molecular formula is C22H27ClN4O2. The van der Waals surface area contributed by atoms with E-state index in [2.05, 4.69) is 41.4 Å². The number of ether oxygens (including phenoxy) is 1. The molecule has 2 heterocycles. The van der Waals surface area contributed by atoms with Gasteiger partial charge < -0.3 is 9.64 Å². The maximum Gasteiger partial charge on any atom is 0.222 e. The smallest absolute Gasteiger partial charge is 0.222 e. The highest BCUT2D eigenvalue weighted by Gasteiger charge is 2.19. The number of rotatable bonds is 7. The number of aliphatic imine (C=N–C) groups is 1. The number of amidine groups is 1. The summed E-state index contributed by atoms with van der Waals surface area (Å²) in [5.41, 5.74) is 3.53. The second-order valence-corrected chi connectivity index (χ2v) is 7.25. The van der Waals surface area contributed by atoms with Crippen LogP contribution in [0.3, 0.4) is 0 Å². The highest BCUT2D eigenvalue weighted by atomic mass is 35.5. The van der Waals surface area contributed by atoms with Gasteiger partial charge in [-0.1, -0.05) is 36.4 Å². The van der Waals surface area contributed by atoms with E-state index < -0.39 is 0 Å². The van der Waals surface area contributed by atoms with E-state index in [0.29, 0.717) is 19.6 Å². The lowest BCUT2D eigenvalue weighted by Crippen LogP contribution is -2.34. The van der Waals surface area contributed by atoms with Crippen molar-refractivity contribution >= 4 is 24.1 Å². The molecule has 2 aliphatic heterocycles. The Kier molecular flexibility index (Phi) is 7.12. The highest BCUT2D eigenvalue weighted by molar-refractivity contribution is 5.99. The Labute approximate surface area is 177 Å². The molecule has 0 unspecified atom stereocenters. The quantitative estimate of drug-likeness (QED) is 0.707. The predicted octanol–water partition coefficient (Wildman–Crippen LogP) is 2.64. The number of nitrogens with two attached hydrogens (primary N) is 1. The first-order valence-corrected chi connectivity index (χ1v) is 9.84. The second-order valence-electron chi connectivity index (χ2n) is 7.25. The van der Waals surface area contributed by atoms with E-state index in [1.807, 2.05) is 17.0 Å². The summed E-state index contributed by atoms with van der Waals surface area (Å²) in [5.74, 6) is 7.88. The molecule has 7 heteroatoms. The van der Waals surface area contributed by atoms with Crippen molar-refractivity contribution < 1.29 is 9.53 Å². The lowest BCUT2D eigenvalue weighted by Gasteiger charge is -2.16. The van der Waals surface area contributed by atoms with Gasteiger partial charge in [-0.25, -0.2) is 5.84 Å². The Morgan fingerprint density at radius 3 is 2.28 bits per heavy atom. The van der Waals surface area contributed by atoms with Gasteiger partial charge in [-0.15, -0.1) is 12.4 Å². The van der Waals surface area contributed by atoms with E-state index in [9.17, 15) is 4.79 Å². The van der Waals surface area contributed by atoms with Gasteiger partial charge in [0.05, 0.1) is 19.6 Å². The van der Waals surface area contributed by atoms with Gasteiger partial charge in [0.15, 0.2) is 0 Å². The van der Waals surface area contributed by atoms with E-state index in [4.69, 9.17) is 10.6 Å². The standard InChI is InChI=1S/C22H26N4O2.ClH/c23-26-13-11-24-22(26)19-7-3-17(4-8-19)16-18-5-9-20(10-6-18)28-15-14-25-12-1-2-21(25)27;/h3-10H,1-2,11-16,23H2;1H. The van der Waals surface area contributed by atoms with Crippen molar-refractivity contribution in [3.8, 4) is 5.75 Å². The molecule has 4 rings (SSSR count). The number of carbonyl (C=O) groups excluding carboxylic acids is 1. The van der Waals surface area contributed by atoms with E-state index >= 15 is 0 Å². The monoisotopic (exact) mass is 414 g/mol. The molecule has 154 valence electrons. The molecule has 2 aliphatic rings. The number of nitrogens with zero attached hydrogens (tertiary/aromatic N) is 3. The molecule has 0 aliphatic carbocycles. The van der Waals surface area contributed by atoms with Crippen molar-refractivity contribution in [1.82, 2.24) is 9.91 Å². The zero-order chi connectivity index (χ0) is 19.3. The largest absolute Gasteiger partial charge is 0.492 e. The molecule has 2 aromatic carbocycles. The summed E-state index contributed by atoms with van der Waals surface area (Å²) in [6.45, 7) is 3.60. The number of likely N-dealkylation sites (tertiary alicyclic amines) is 1. The number of hydrogen-bond acceptors (Lipinski definition) is 5. The van der Waals surface area contributed by atoms with Crippen LogP contribution >= 0.6 is 12.4 Å². The molecule has 2 aromatic rings. The molecule has 0 radical (unpaired) electrons. The van der Waals surface area contributed by atoms with Crippen LogP contribution in [0.4, 0.5) is 0 Å². The predicted molar refractivity (Wildman–Crippen MR) is 117 cm³/mol. The third-order valence-electron chi connectivity index (χ3n) is 5.22. The van der Waals surface area contributed by atoms with Gasteiger partial charge in [0, 0.05) is 18.5 Å². The fourth-order valence-corrected chi connectivity index (χ4v) is 3.64.